The summed E-state index contributed by atoms with van der Waals surface area (Å²) in [7, 11) is 0. The molecule has 4 aromatic rings. The van der Waals surface area contributed by atoms with Gasteiger partial charge in [0.2, 0.25) is 0 Å². The molecule has 0 aliphatic heterocycles. The molecule has 2 heterocycles. The van der Waals surface area contributed by atoms with Crippen LogP contribution in [0.15, 0.2) is 60.7 Å². The van der Waals surface area contributed by atoms with Crippen molar-refractivity contribution < 1.29 is 9.53 Å². The van der Waals surface area contributed by atoms with Gasteiger partial charge in [-0.2, -0.15) is 5.10 Å². The first kappa shape index (κ1) is 17.8. The number of fused-ring (bicyclic) bond motifs is 1. The van der Waals surface area contributed by atoms with Gasteiger partial charge in [0.1, 0.15) is 0 Å². The standard InChI is InChI=1S/C21H17ClN2O2S/c1-2-26-21(25)17-12-18(20-11-14-7-4-6-10-19(14)27-20)24(23-17)13-15-8-3-5-9-16(15)22/h3-12H,2,13H2,1H3. The zero-order chi connectivity index (χ0) is 18.8. The van der Waals surface area contributed by atoms with Crippen molar-refractivity contribution in [3.63, 3.8) is 0 Å². The molecule has 2 aromatic heterocycles. The Morgan fingerprint density at radius 1 is 1.15 bits per heavy atom. The van der Waals surface area contributed by atoms with E-state index in [1.165, 1.54) is 10.1 Å². The number of benzene rings is 2. The number of esters is 1. The highest BCUT2D eigenvalue weighted by atomic mass is 35.5. The Kier molecular flexibility index (Phi) is 4.97. The van der Waals surface area contributed by atoms with Crippen molar-refractivity contribution in [2.45, 2.75) is 13.5 Å². The van der Waals surface area contributed by atoms with E-state index in [-0.39, 0.29) is 0 Å². The van der Waals surface area contributed by atoms with E-state index in [1.54, 1.807) is 24.3 Å². The van der Waals surface area contributed by atoms with Crippen molar-refractivity contribution in [3.05, 3.63) is 76.9 Å². The predicted octanol–water partition coefficient (Wildman–Crippen LogP) is 5.64. The van der Waals surface area contributed by atoms with Crippen LogP contribution in [0.4, 0.5) is 0 Å². The topological polar surface area (TPSA) is 44.1 Å². The number of nitrogens with zero attached hydrogens (tertiary/aromatic N) is 2. The maximum Gasteiger partial charge on any atom is 0.358 e. The molecule has 0 amide bonds. The Bertz CT molecular complexity index is 1080. The Hall–Kier alpha value is -2.63. The lowest BCUT2D eigenvalue weighted by atomic mass is 10.2. The van der Waals surface area contributed by atoms with E-state index in [9.17, 15) is 4.79 Å². The molecule has 6 heteroatoms. The molecule has 27 heavy (non-hydrogen) atoms. The number of hydrogen-bond acceptors (Lipinski definition) is 4. The molecule has 0 saturated heterocycles. The van der Waals surface area contributed by atoms with Crippen LogP contribution in [0.1, 0.15) is 23.0 Å². The third kappa shape index (κ3) is 3.61. The lowest BCUT2D eigenvalue weighted by Gasteiger charge is -2.07. The number of hydrogen-bond donors (Lipinski definition) is 0. The molecular weight excluding hydrogens is 380 g/mol. The number of carbonyl (C=O) groups is 1. The number of rotatable bonds is 5. The van der Waals surface area contributed by atoms with Crippen molar-refractivity contribution >= 4 is 39.0 Å². The van der Waals surface area contributed by atoms with Gasteiger partial charge in [-0.3, -0.25) is 4.68 Å². The summed E-state index contributed by atoms with van der Waals surface area (Å²) in [4.78, 5) is 13.3. The largest absolute Gasteiger partial charge is 0.461 e. The van der Waals surface area contributed by atoms with Gasteiger partial charge >= 0.3 is 5.97 Å². The minimum absolute atomic E-state index is 0.302. The van der Waals surface area contributed by atoms with Crippen molar-refractivity contribution in [3.8, 4) is 10.6 Å². The van der Waals surface area contributed by atoms with Gasteiger partial charge in [0, 0.05) is 9.72 Å². The molecule has 0 saturated carbocycles. The molecule has 0 fully saturated rings. The monoisotopic (exact) mass is 396 g/mol. The molecule has 2 aromatic carbocycles. The van der Waals surface area contributed by atoms with E-state index in [0.29, 0.717) is 23.9 Å². The van der Waals surface area contributed by atoms with Crippen molar-refractivity contribution in [1.82, 2.24) is 9.78 Å². The molecule has 0 N–H and O–H groups in total. The van der Waals surface area contributed by atoms with Crippen LogP contribution in [-0.4, -0.2) is 22.4 Å². The highest BCUT2D eigenvalue weighted by Crippen LogP contribution is 2.34. The van der Waals surface area contributed by atoms with E-state index < -0.39 is 5.97 Å². The smallest absolute Gasteiger partial charge is 0.358 e. The van der Waals surface area contributed by atoms with Gasteiger partial charge < -0.3 is 4.74 Å². The van der Waals surface area contributed by atoms with Crippen molar-refractivity contribution in [2.75, 3.05) is 6.61 Å². The van der Waals surface area contributed by atoms with Gasteiger partial charge in [0.25, 0.3) is 0 Å². The normalized spacial score (nSPS) is 11.0. The number of aromatic nitrogens is 2. The van der Waals surface area contributed by atoms with Gasteiger partial charge in [-0.15, -0.1) is 11.3 Å². The van der Waals surface area contributed by atoms with E-state index in [0.717, 1.165) is 16.1 Å². The van der Waals surface area contributed by atoms with Gasteiger partial charge in [-0.25, -0.2) is 4.79 Å². The molecule has 0 spiro atoms. The first-order chi connectivity index (χ1) is 13.2. The summed E-state index contributed by atoms with van der Waals surface area (Å²) in [5.41, 5.74) is 2.12. The van der Waals surface area contributed by atoms with Crippen LogP contribution >= 0.6 is 22.9 Å². The average molecular weight is 397 g/mol. The molecule has 0 bridgehead atoms. The van der Waals surface area contributed by atoms with E-state index in [4.69, 9.17) is 16.3 Å². The maximum absolute atomic E-state index is 12.2. The van der Waals surface area contributed by atoms with E-state index in [1.807, 2.05) is 41.1 Å². The third-order valence-electron chi connectivity index (χ3n) is 4.22. The van der Waals surface area contributed by atoms with Gasteiger partial charge in [-0.05, 0) is 42.1 Å². The minimum atomic E-state index is -0.419. The fourth-order valence-corrected chi connectivity index (χ4v) is 4.22. The van der Waals surface area contributed by atoms with Crippen LogP contribution in [0.3, 0.4) is 0 Å². The summed E-state index contributed by atoms with van der Waals surface area (Å²) in [6, 6.07) is 19.8. The Balaban J connectivity index is 1.80. The fraction of sp³-hybridized carbons (Fsp3) is 0.143. The van der Waals surface area contributed by atoms with Gasteiger partial charge in [-0.1, -0.05) is 48.0 Å². The third-order valence-corrected chi connectivity index (χ3v) is 5.73. The summed E-state index contributed by atoms with van der Waals surface area (Å²) in [5.74, 6) is -0.419. The Morgan fingerprint density at radius 3 is 2.70 bits per heavy atom. The van der Waals surface area contributed by atoms with Crippen LogP contribution in [0.5, 0.6) is 0 Å². The minimum Gasteiger partial charge on any atom is -0.461 e. The highest BCUT2D eigenvalue weighted by molar-refractivity contribution is 7.22. The van der Waals surface area contributed by atoms with Crippen LogP contribution in [0.2, 0.25) is 5.02 Å². The molecule has 0 unspecified atom stereocenters. The molecular formula is C21H17ClN2O2S. The molecule has 4 nitrogen and oxygen atoms in total. The number of carbonyl (C=O) groups excluding carboxylic acids is 1. The van der Waals surface area contributed by atoms with Gasteiger partial charge in [0.15, 0.2) is 5.69 Å². The van der Waals surface area contributed by atoms with Crippen LogP contribution in [0.25, 0.3) is 20.7 Å². The van der Waals surface area contributed by atoms with Crippen LogP contribution < -0.4 is 0 Å². The zero-order valence-corrected chi connectivity index (χ0v) is 16.3. The first-order valence-corrected chi connectivity index (χ1v) is 9.82. The highest BCUT2D eigenvalue weighted by Gasteiger charge is 2.18. The Labute approximate surface area is 166 Å². The first-order valence-electron chi connectivity index (χ1n) is 8.63. The second kappa shape index (κ2) is 7.55. The second-order valence-corrected chi connectivity index (χ2v) is 7.52. The average Bonchev–Trinajstić information content (AvgIpc) is 3.27. The molecule has 136 valence electrons. The number of halogens is 1. The van der Waals surface area contributed by atoms with Crippen LogP contribution in [-0.2, 0) is 11.3 Å². The van der Waals surface area contributed by atoms with E-state index >= 15 is 0 Å². The summed E-state index contributed by atoms with van der Waals surface area (Å²) in [6.45, 7) is 2.57. The molecule has 0 atom stereocenters. The molecule has 0 radical (unpaired) electrons. The number of thiophene rings is 1. The summed E-state index contributed by atoms with van der Waals surface area (Å²) in [5, 5.41) is 6.34. The van der Waals surface area contributed by atoms with Crippen LogP contribution in [0, 0.1) is 0 Å². The lowest BCUT2D eigenvalue weighted by Crippen LogP contribution is -2.08. The molecule has 4 rings (SSSR count). The van der Waals surface area contributed by atoms with E-state index in [2.05, 4.69) is 23.3 Å². The number of ether oxygens (including phenoxy) is 1. The molecule has 0 aliphatic rings. The summed E-state index contributed by atoms with van der Waals surface area (Å²) >= 11 is 8.00. The summed E-state index contributed by atoms with van der Waals surface area (Å²) in [6.07, 6.45) is 0. The Morgan fingerprint density at radius 2 is 1.93 bits per heavy atom. The SMILES string of the molecule is CCOC(=O)c1cc(-c2cc3ccccc3s2)n(Cc2ccccc2Cl)n1. The fourth-order valence-electron chi connectivity index (χ4n) is 2.94. The van der Waals surface area contributed by atoms with Crippen molar-refractivity contribution in [1.29, 1.82) is 0 Å². The second-order valence-electron chi connectivity index (χ2n) is 6.03. The quantitative estimate of drug-likeness (QED) is 0.410. The zero-order valence-electron chi connectivity index (χ0n) is 14.7. The van der Waals surface area contributed by atoms with Crippen molar-refractivity contribution in [2.24, 2.45) is 0 Å². The maximum atomic E-state index is 12.2. The molecule has 0 aliphatic carbocycles. The lowest BCUT2D eigenvalue weighted by molar-refractivity contribution is 0.0518. The van der Waals surface area contributed by atoms with Gasteiger partial charge in [0.05, 0.1) is 23.7 Å². The predicted molar refractivity (Wildman–Crippen MR) is 110 cm³/mol. The summed E-state index contributed by atoms with van der Waals surface area (Å²) < 4.78 is 8.14.